The Bertz CT molecular complexity index is 1380. The molecule has 6 heteroatoms. The number of ether oxygens (including phenoxy) is 3. The molecule has 0 aromatic carbocycles. The first-order valence-electron chi connectivity index (χ1n) is 33.8. The van der Waals surface area contributed by atoms with Crippen molar-refractivity contribution in [3.8, 4) is 0 Å². The summed E-state index contributed by atoms with van der Waals surface area (Å²) in [7, 11) is 0. The van der Waals surface area contributed by atoms with E-state index in [0.717, 1.165) is 89.9 Å². The fraction of sp³-hybridized carbons (Fsp3) is 0.817. The molecule has 0 radical (unpaired) electrons. The zero-order chi connectivity index (χ0) is 55.7. The van der Waals surface area contributed by atoms with E-state index in [0.29, 0.717) is 19.3 Å². The highest BCUT2D eigenvalue weighted by molar-refractivity contribution is 5.71. The van der Waals surface area contributed by atoms with E-state index in [4.69, 9.17) is 14.2 Å². The highest BCUT2D eigenvalue weighted by Crippen LogP contribution is 2.17. The molecular formula is C71H128O6. The number of carbonyl (C=O) groups excluding carboxylic acids is 3. The largest absolute Gasteiger partial charge is 0.462 e. The zero-order valence-corrected chi connectivity index (χ0v) is 51.5. The Balaban J connectivity index is 4.11. The second-order valence-electron chi connectivity index (χ2n) is 22.7. The first-order chi connectivity index (χ1) is 38.0. The number of rotatable bonds is 62. The number of unbranched alkanes of at least 4 members (excludes halogenated alkanes) is 41. The average Bonchev–Trinajstić information content (AvgIpc) is 3.43. The van der Waals surface area contributed by atoms with E-state index in [-0.39, 0.29) is 31.1 Å². The topological polar surface area (TPSA) is 78.9 Å². The highest BCUT2D eigenvalue weighted by Gasteiger charge is 2.19. The van der Waals surface area contributed by atoms with Crippen LogP contribution in [0, 0.1) is 0 Å². The fourth-order valence-electron chi connectivity index (χ4n) is 9.86. The fourth-order valence-corrected chi connectivity index (χ4v) is 9.86. The first-order valence-corrected chi connectivity index (χ1v) is 33.8. The van der Waals surface area contributed by atoms with E-state index in [1.165, 1.54) is 225 Å². The van der Waals surface area contributed by atoms with Crippen molar-refractivity contribution in [2.24, 2.45) is 0 Å². The predicted molar refractivity (Wildman–Crippen MR) is 335 cm³/mol. The quantitative estimate of drug-likeness (QED) is 0.0261. The van der Waals surface area contributed by atoms with Crippen molar-refractivity contribution in [2.75, 3.05) is 13.2 Å². The van der Waals surface area contributed by atoms with Gasteiger partial charge in [-0.2, -0.15) is 0 Å². The van der Waals surface area contributed by atoms with Crippen molar-refractivity contribution < 1.29 is 28.6 Å². The summed E-state index contributed by atoms with van der Waals surface area (Å²) in [5, 5.41) is 0. The lowest BCUT2D eigenvalue weighted by molar-refractivity contribution is -0.167. The molecule has 1 atom stereocenters. The van der Waals surface area contributed by atoms with Crippen LogP contribution in [0.1, 0.15) is 355 Å². The van der Waals surface area contributed by atoms with Gasteiger partial charge in [-0.15, -0.1) is 0 Å². The van der Waals surface area contributed by atoms with Gasteiger partial charge in [0.05, 0.1) is 0 Å². The molecule has 0 saturated heterocycles. The van der Waals surface area contributed by atoms with Crippen molar-refractivity contribution in [1.29, 1.82) is 0 Å². The standard InChI is InChI=1S/C71H128O6/c1-4-7-10-13-16-19-22-24-26-28-30-31-32-33-34-35-36-37-38-39-40-41-42-44-45-47-49-52-55-58-61-64-70(73)76-67-68(66-75-69(72)63-60-57-54-51-21-18-15-12-9-6-3)77-71(74)65-62-59-56-53-50-48-46-43-29-27-25-23-20-17-14-11-8-5-2/h12,15,20,22-24,27-30,68H,4-11,13-14,16-19,21,25-26,31-67H2,1-3H3/b15-12-,23-20-,24-22-,29-27-,30-28-. The van der Waals surface area contributed by atoms with Crippen LogP contribution in [0.4, 0.5) is 0 Å². The van der Waals surface area contributed by atoms with Gasteiger partial charge in [0.1, 0.15) is 13.2 Å². The molecule has 0 amide bonds. The predicted octanol–water partition coefficient (Wildman–Crippen LogP) is 23.1. The van der Waals surface area contributed by atoms with Gasteiger partial charge in [-0.3, -0.25) is 14.4 Å². The maximum absolute atomic E-state index is 12.9. The minimum atomic E-state index is -0.780. The molecule has 0 bridgehead atoms. The van der Waals surface area contributed by atoms with Gasteiger partial charge in [-0.25, -0.2) is 0 Å². The van der Waals surface area contributed by atoms with Crippen LogP contribution in [0.5, 0.6) is 0 Å². The molecule has 6 nitrogen and oxygen atoms in total. The summed E-state index contributed by atoms with van der Waals surface area (Å²) < 4.78 is 16.9. The van der Waals surface area contributed by atoms with Crippen LogP contribution in [0.15, 0.2) is 60.8 Å². The smallest absolute Gasteiger partial charge is 0.306 e. The van der Waals surface area contributed by atoms with Crippen LogP contribution in [0.2, 0.25) is 0 Å². The lowest BCUT2D eigenvalue weighted by Crippen LogP contribution is -2.30. The van der Waals surface area contributed by atoms with Gasteiger partial charge >= 0.3 is 17.9 Å². The van der Waals surface area contributed by atoms with Crippen LogP contribution in [0.25, 0.3) is 0 Å². The molecule has 0 aliphatic carbocycles. The number of allylic oxidation sites excluding steroid dienone is 10. The second-order valence-corrected chi connectivity index (χ2v) is 22.7. The molecule has 0 N–H and O–H groups in total. The van der Waals surface area contributed by atoms with E-state index < -0.39 is 6.10 Å². The SMILES string of the molecule is CCC/C=C\CCCCCCCC(=O)OCC(COC(=O)CCCCCCCCCCCCCCCCCCCCC/C=C\C/C=C\CCCCCCC)OC(=O)CCCCCCCCC/C=C\C/C=C\CCCCCC. The Hall–Kier alpha value is -2.89. The van der Waals surface area contributed by atoms with Gasteiger partial charge < -0.3 is 14.2 Å². The summed E-state index contributed by atoms with van der Waals surface area (Å²) in [4.78, 5) is 38.2. The summed E-state index contributed by atoms with van der Waals surface area (Å²) in [6.45, 7) is 6.58. The molecular weight excluding hydrogens is 949 g/mol. The Labute approximate surface area is 479 Å². The van der Waals surface area contributed by atoms with Crippen LogP contribution in [0.3, 0.4) is 0 Å². The van der Waals surface area contributed by atoms with Gasteiger partial charge in [-0.05, 0) is 103 Å². The summed E-state index contributed by atoms with van der Waals surface area (Å²) in [5.41, 5.74) is 0. The summed E-state index contributed by atoms with van der Waals surface area (Å²) >= 11 is 0. The van der Waals surface area contributed by atoms with Crippen molar-refractivity contribution in [2.45, 2.75) is 361 Å². The molecule has 77 heavy (non-hydrogen) atoms. The summed E-state index contributed by atoms with van der Waals surface area (Å²) in [5.74, 6) is -0.879. The van der Waals surface area contributed by atoms with Crippen LogP contribution in [-0.4, -0.2) is 37.2 Å². The van der Waals surface area contributed by atoms with E-state index in [2.05, 4.69) is 81.5 Å². The molecule has 0 aliphatic rings. The lowest BCUT2D eigenvalue weighted by atomic mass is 10.0. The highest BCUT2D eigenvalue weighted by atomic mass is 16.6. The molecule has 0 aliphatic heterocycles. The molecule has 0 rings (SSSR count). The zero-order valence-electron chi connectivity index (χ0n) is 51.5. The maximum Gasteiger partial charge on any atom is 0.306 e. The average molecular weight is 1080 g/mol. The third-order valence-electron chi connectivity index (χ3n) is 14.9. The molecule has 0 aromatic heterocycles. The summed E-state index contributed by atoms with van der Waals surface area (Å²) in [6.07, 6.45) is 84.0. The first kappa shape index (κ1) is 74.1. The molecule has 0 saturated carbocycles. The van der Waals surface area contributed by atoms with Crippen LogP contribution in [-0.2, 0) is 28.6 Å². The van der Waals surface area contributed by atoms with Crippen LogP contribution < -0.4 is 0 Å². The Kier molecular flexibility index (Phi) is 63.2. The third kappa shape index (κ3) is 63.8. The van der Waals surface area contributed by atoms with Gasteiger partial charge in [-0.1, -0.05) is 293 Å². The van der Waals surface area contributed by atoms with Gasteiger partial charge in [0, 0.05) is 19.3 Å². The van der Waals surface area contributed by atoms with Crippen molar-refractivity contribution in [3.63, 3.8) is 0 Å². The number of hydrogen-bond acceptors (Lipinski definition) is 6. The molecule has 0 fully saturated rings. The summed E-state index contributed by atoms with van der Waals surface area (Å²) in [6, 6.07) is 0. The Morgan fingerprint density at radius 1 is 0.260 bits per heavy atom. The minimum absolute atomic E-state index is 0.0770. The van der Waals surface area contributed by atoms with Crippen LogP contribution >= 0.6 is 0 Å². The Morgan fingerprint density at radius 3 is 0.792 bits per heavy atom. The monoisotopic (exact) mass is 1080 g/mol. The molecule has 1 unspecified atom stereocenters. The Morgan fingerprint density at radius 2 is 0.494 bits per heavy atom. The van der Waals surface area contributed by atoms with Gasteiger partial charge in [0.15, 0.2) is 6.10 Å². The van der Waals surface area contributed by atoms with E-state index in [9.17, 15) is 14.4 Å². The van der Waals surface area contributed by atoms with Crippen molar-refractivity contribution >= 4 is 17.9 Å². The minimum Gasteiger partial charge on any atom is -0.462 e. The number of carbonyl (C=O) groups is 3. The molecule has 0 spiro atoms. The lowest BCUT2D eigenvalue weighted by Gasteiger charge is -2.18. The van der Waals surface area contributed by atoms with E-state index in [1.54, 1.807) is 0 Å². The van der Waals surface area contributed by atoms with Gasteiger partial charge in [0.2, 0.25) is 0 Å². The number of esters is 3. The number of hydrogen-bond donors (Lipinski definition) is 0. The second kappa shape index (κ2) is 65.6. The maximum atomic E-state index is 12.9. The van der Waals surface area contributed by atoms with Crippen molar-refractivity contribution in [1.82, 2.24) is 0 Å². The molecule has 448 valence electrons. The van der Waals surface area contributed by atoms with E-state index >= 15 is 0 Å². The van der Waals surface area contributed by atoms with Gasteiger partial charge in [0.25, 0.3) is 0 Å². The molecule has 0 aromatic rings. The third-order valence-corrected chi connectivity index (χ3v) is 14.9. The normalized spacial score (nSPS) is 12.4. The van der Waals surface area contributed by atoms with Crippen molar-refractivity contribution in [3.05, 3.63) is 60.8 Å². The molecule has 0 heterocycles. The van der Waals surface area contributed by atoms with E-state index in [1.807, 2.05) is 0 Å².